The van der Waals surface area contributed by atoms with Crippen LogP contribution in [0, 0.1) is 0 Å². The Labute approximate surface area is 71.3 Å². The summed E-state index contributed by atoms with van der Waals surface area (Å²) in [4.78, 5) is 10.5. The fraction of sp³-hybridized carbons (Fsp3) is 0.857. The third-order valence-corrected chi connectivity index (χ3v) is 2.89. The highest BCUT2D eigenvalue weighted by Gasteiger charge is 1.92. The van der Waals surface area contributed by atoms with Gasteiger partial charge in [-0.05, 0) is 13.2 Å². The maximum atomic E-state index is 10.5. The zero-order valence-electron chi connectivity index (χ0n) is 6.55. The van der Waals surface area contributed by atoms with Gasteiger partial charge in [0.2, 0.25) is 0 Å². The van der Waals surface area contributed by atoms with Gasteiger partial charge in [0.1, 0.15) is 5.78 Å². The Morgan fingerprint density at radius 1 is 1.30 bits per heavy atom. The Bertz CT molecular complexity index is 93.6. The predicted octanol–water partition coefficient (Wildman–Crippen LogP) is 2.06. The van der Waals surface area contributed by atoms with Crippen LogP contribution >= 0.6 is 23.5 Å². The van der Waals surface area contributed by atoms with Gasteiger partial charge in [0.05, 0.1) is 0 Å². The first-order valence-electron chi connectivity index (χ1n) is 3.33. The number of rotatable bonds is 6. The average molecular weight is 178 g/mol. The van der Waals surface area contributed by atoms with Crippen molar-refractivity contribution in [2.24, 2.45) is 0 Å². The van der Waals surface area contributed by atoms with Gasteiger partial charge in [-0.2, -0.15) is 23.5 Å². The number of ketones is 1. The van der Waals surface area contributed by atoms with Crippen LogP contribution in [-0.4, -0.2) is 29.3 Å². The highest BCUT2D eigenvalue weighted by Crippen LogP contribution is 2.05. The summed E-state index contributed by atoms with van der Waals surface area (Å²) in [6.07, 6.45) is 2.84. The van der Waals surface area contributed by atoms with Gasteiger partial charge in [-0.1, -0.05) is 0 Å². The molecule has 0 aliphatic carbocycles. The van der Waals surface area contributed by atoms with Crippen molar-refractivity contribution in [2.45, 2.75) is 13.3 Å². The molecule has 10 heavy (non-hydrogen) atoms. The zero-order chi connectivity index (χ0) is 7.82. The molecule has 0 aliphatic rings. The lowest BCUT2D eigenvalue weighted by Crippen LogP contribution is -1.93. The van der Waals surface area contributed by atoms with Crippen LogP contribution in [0.1, 0.15) is 13.3 Å². The highest BCUT2D eigenvalue weighted by atomic mass is 32.2. The van der Waals surface area contributed by atoms with Gasteiger partial charge < -0.3 is 0 Å². The minimum atomic E-state index is 0.302. The van der Waals surface area contributed by atoms with Crippen molar-refractivity contribution < 1.29 is 4.79 Å². The minimum Gasteiger partial charge on any atom is -0.300 e. The Morgan fingerprint density at radius 2 is 2.00 bits per heavy atom. The van der Waals surface area contributed by atoms with E-state index in [2.05, 4.69) is 6.26 Å². The number of thioether (sulfide) groups is 2. The van der Waals surface area contributed by atoms with Gasteiger partial charge in [0.25, 0.3) is 0 Å². The highest BCUT2D eigenvalue weighted by molar-refractivity contribution is 8.02. The largest absolute Gasteiger partial charge is 0.300 e. The van der Waals surface area contributed by atoms with Crippen LogP contribution < -0.4 is 0 Å². The van der Waals surface area contributed by atoms with E-state index in [9.17, 15) is 4.79 Å². The van der Waals surface area contributed by atoms with Gasteiger partial charge in [0, 0.05) is 23.7 Å². The molecule has 0 aromatic rings. The molecule has 0 aromatic carbocycles. The van der Waals surface area contributed by atoms with Gasteiger partial charge in [-0.15, -0.1) is 0 Å². The van der Waals surface area contributed by atoms with Crippen LogP contribution in [0.2, 0.25) is 0 Å². The molecule has 60 valence electrons. The van der Waals surface area contributed by atoms with Crippen molar-refractivity contribution in [3.63, 3.8) is 0 Å². The first-order chi connectivity index (χ1) is 4.77. The zero-order valence-corrected chi connectivity index (χ0v) is 8.19. The summed E-state index contributed by atoms with van der Waals surface area (Å²) in [6, 6.07) is 0. The molecule has 0 amide bonds. The Morgan fingerprint density at radius 3 is 2.50 bits per heavy atom. The van der Waals surface area contributed by atoms with Gasteiger partial charge >= 0.3 is 0 Å². The molecular weight excluding hydrogens is 164 g/mol. The van der Waals surface area contributed by atoms with E-state index in [0.717, 1.165) is 12.2 Å². The molecule has 0 aromatic heterocycles. The summed E-state index contributed by atoms with van der Waals surface area (Å²) in [7, 11) is 0. The average Bonchev–Trinajstić information content (AvgIpc) is 1.87. The Hall–Kier alpha value is 0.370. The maximum absolute atomic E-state index is 10.5. The van der Waals surface area contributed by atoms with E-state index >= 15 is 0 Å². The standard InChI is InChI=1S/C7H14OS2/c1-7(8)3-4-10-6-5-9-2/h3-6H2,1-2H3. The first-order valence-corrected chi connectivity index (χ1v) is 5.88. The van der Waals surface area contributed by atoms with Gasteiger partial charge in [-0.3, -0.25) is 4.79 Å². The monoisotopic (exact) mass is 178 g/mol. The molecule has 0 aliphatic heterocycles. The van der Waals surface area contributed by atoms with E-state index in [1.807, 2.05) is 23.5 Å². The predicted molar refractivity (Wildman–Crippen MR) is 51.0 cm³/mol. The topological polar surface area (TPSA) is 17.1 Å². The van der Waals surface area contributed by atoms with Crippen molar-refractivity contribution in [2.75, 3.05) is 23.5 Å². The summed E-state index contributed by atoms with van der Waals surface area (Å²) in [5.41, 5.74) is 0. The number of carbonyl (C=O) groups excluding carboxylic acids is 1. The van der Waals surface area contributed by atoms with Crippen molar-refractivity contribution in [1.29, 1.82) is 0 Å². The second kappa shape index (κ2) is 7.48. The van der Waals surface area contributed by atoms with Crippen LogP contribution in [0.4, 0.5) is 0 Å². The van der Waals surface area contributed by atoms with Crippen LogP contribution in [0.25, 0.3) is 0 Å². The van der Waals surface area contributed by atoms with Crippen LogP contribution in [0.3, 0.4) is 0 Å². The number of Topliss-reactive ketones (excluding diaryl/α,β-unsaturated/α-hetero) is 1. The minimum absolute atomic E-state index is 0.302. The smallest absolute Gasteiger partial charge is 0.130 e. The van der Waals surface area contributed by atoms with Gasteiger partial charge in [-0.25, -0.2) is 0 Å². The molecule has 0 fully saturated rings. The van der Waals surface area contributed by atoms with Crippen molar-refractivity contribution in [1.82, 2.24) is 0 Å². The van der Waals surface area contributed by atoms with E-state index in [4.69, 9.17) is 0 Å². The van der Waals surface area contributed by atoms with Crippen LogP contribution in [0.5, 0.6) is 0 Å². The third kappa shape index (κ3) is 8.37. The molecule has 0 bridgehead atoms. The third-order valence-electron chi connectivity index (χ3n) is 1.03. The summed E-state index contributed by atoms with van der Waals surface area (Å²) < 4.78 is 0. The number of hydrogen-bond acceptors (Lipinski definition) is 3. The Kier molecular flexibility index (Phi) is 7.75. The molecule has 1 nitrogen and oxygen atoms in total. The van der Waals surface area contributed by atoms with Gasteiger partial charge in [0.15, 0.2) is 0 Å². The van der Waals surface area contributed by atoms with E-state index < -0.39 is 0 Å². The second-order valence-electron chi connectivity index (χ2n) is 2.06. The fourth-order valence-corrected chi connectivity index (χ4v) is 2.23. The molecular formula is C7H14OS2. The molecule has 0 spiro atoms. The lowest BCUT2D eigenvalue weighted by molar-refractivity contribution is -0.116. The molecule has 0 radical (unpaired) electrons. The summed E-state index contributed by atoms with van der Waals surface area (Å²) in [6.45, 7) is 1.65. The first kappa shape index (κ1) is 10.4. The second-order valence-corrected chi connectivity index (χ2v) is 4.27. The lowest BCUT2D eigenvalue weighted by Gasteiger charge is -1.96. The summed E-state index contributed by atoms with van der Waals surface area (Å²) in [5.74, 6) is 3.67. The fourth-order valence-electron chi connectivity index (χ4n) is 0.460. The van der Waals surface area contributed by atoms with Crippen LogP contribution in [0.15, 0.2) is 0 Å². The van der Waals surface area contributed by atoms with Crippen molar-refractivity contribution in [3.8, 4) is 0 Å². The lowest BCUT2D eigenvalue weighted by atomic mass is 10.4. The Balaban J connectivity index is 2.84. The van der Waals surface area contributed by atoms with E-state index in [-0.39, 0.29) is 0 Å². The van der Waals surface area contributed by atoms with E-state index in [1.54, 1.807) is 6.92 Å². The summed E-state index contributed by atoms with van der Waals surface area (Å²) in [5, 5.41) is 0. The molecule has 0 heterocycles. The molecule has 0 atom stereocenters. The number of hydrogen-bond donors (Lipinski definition) is 0. The SMILES string of the molecule is CSCCSCCC(C)=O. The van der Waals surface area contributed by atoms with Crippen molar-refractivity contribution >= 4 is 29.3 Å². The molecule has 0 rings (SSSR count). The maximum Gasteiger partial charge on any atom is 0.130 e. The molecule has 0 unspecified atom stereocenters. The summed E-state index contributed by atoms with van der Waals surface area (Å²) >= 11 is 3.72. The molecule has 3 heteroatoms. The quantitative estimate of drug-likeness (QED) is 0.580. The molecule has 0 N–H and O–H groups in total. The normalized spacial score (nSPS) is 9.80. The van der Waals surface area contributed by atoms with Crippen molar-refractivity contribution in [3.05, 3.63) is 0 Å². The number of carbonyl (C=O) groups is 1. The van der Waals surface area contributed by atoms with E-state index in [1.165, 1.54) is 11.5 Å². The molecule has 0 saturated heterocycles. The van der Waals surface area contributed by atoms with E-state index in [0.29, 0.717) is 5.78 Å². The molecule has 0 saturated carbocycles. The van der Waals surface area contributed by atoms with Crippen LogP contribution in [-0.2, 0) is 4.79 Å².